The topological polar surface area (TPSA) is 114 Å². The Labute approximate surface area is 220 Å². The highest BCUT2D eigenvalue weighted by atomic mass is 32.2. The lowest BCUT2D eigenvalue weighted by Gasteiger charge is -2.34. The number of ether oxygens (including phenoxy) is 3. The Kier molecular flexibility index (Phi) is 8.13. The zero-order chi connectivity index (χ0) is 26.6. The number of nitrogens with one attached hydrogen (secondary N) is 1. The minimum Gasteiger partial charge on any atom is -0.593 e. The first-order chi connectivity index (χ1) is 17.7. The highest BCUT2D eigenvalue weighted by molar-refractivity contribution is 7.93. The van der Waals surface area contributed by atoms with E-state index in [-0.39, 0.29) is 11.2 Å². The number of methoxy groups -OCH3 is 2. The van der Waals surface area contributed by atoms with E-state index in [1.807, 2.05) is 69.3 Å². The fourth-order valence-electron chi connectivity index (χ4n) is 4.17. The van der Waals surface area contributed by atoms with Crippen LogP contribution in [0.2, 0.25) is 0 Å². The highest BCUT2D eigenvalue weighted by Gasteiger charge is 2.35. The maximum atomic E-state index is 13.5. The van der Waals surface area contributed by atoms with Crippen molar-refractivity contribution in [2.75, 3.05) is 32.0 Å². The smallest absolute Gasteiger partial charge is 0.410 e. The van der Waals surface area contributed by atoms with Gasteiger partial charge in [-0.3, -0.25) is 4.57 Å². The summed E-state index contributed by atoms with van der Waals surface area (Å²) in [7, 11) is 3.15. The second-order valence-electron chi connectivity index (χ2n) is 9.65. The van der Waals surface area contributed by atoms with Crippen LogP contribution in [0.5, 0.6) is 11.5 Å². The van der Waals surface area contributed by atoms with Crippen molar-refractivity contribution in [1.82, 2.24) is 19.7 Å². The van der Waals surface area contributed by atoms with Crippen LogP contribution in [0.15, 0.2) is 48.5 Å². The Balaban J connectivity index is 1.67. The van der Waals surface area contributed by atoms with Gasteiger partial charge in [0, 0.05) is 18.5 Å². The van der Waals surface area contributed by atoms with Crippen LogP contribution in [0, 0.1) is 0 Å². The predicted octanol–water partition coefficient (Wildman–Crippen LogP) is 4.43. The maximum absolute atomic E-state index is 13.5. The molecule has 1 amide bonds. The number of carbonyl (C=O) groups excluding carboxylic acids is 1. The van der Waals surface area contributed by atoms with E-state index < -0.39 is 23.1 Å². The van der Waals surface area contributed by atoms with Crippen molar-refractivity contribution in [3.63, 3.8) is 0 Å². The molecule has 1 aliphatic heterocycles. The third kappa shape index (κ3) is 6.11. The first-order valence-electron chi connectivity index (χ1n) is 12.1. The summed E-state index contributed by atoms with van der Waals surface area (Å²) in [5, 5.41) is 8.45. The highest BCUT2D eigenvalue weighted by Crippen LogP contribution is 2.38. The van der Waals surface area contributed by atoms with Gasteiger partial charge in [0.15, 0.2) is 11.1 Å². The minimum atomic E-state index is -1.57. The molecule has 1 N–H and O–H groups in total. The van der Waals surface area contributed by atoms with Crippen molar-refractivity contribution in [1.29, 1.82) is 0 Å². The Bertz CT molecular complexity index is 1190. The van der Waals surface area contributed by atoms with Gasteiger partial charge >= 0.3 is 6.09 Å². The Morgan fingerprint density at radius 1 is 1.05 bits per heavy atom. The molecule has 2 heterocycles. The Morgan fingerprint density at radius 3 is 2.35 bits per heavy atom. The summed E-state index contributed by atoms with van der Waals surface area (Å²) >= 11 is -1.57. The zero-order valence-electron chi connectivity index (χ0n) is 21.8. The van der Waals surface area contributed by atoms with Crippen LogP contribution >= 0.6 is 0 Å². The van der Waals surface area contributed by atoms with E-state index in [1.165, 1.54) is 0 Å². The van der Waals surface area contributed by atoms with Gasteiger partial charge < -0.3 is 23.7 Å². The number of piperidine rings is 1. The number of carbonyl (C=O) groups is 1. The molecular weight excluding hydrogens is 494 g/mol. The Hall–Kier alpha value is -3.44. The van der Waals surface area contributed by atoms with Gasteiger partial charge in [-0.2, -0.15) is 4.72 Å². The molecule has 3 aromatic rings. The first-order valence-corrected chi connectivity index (χ1v) is 13.3. The van der Waals surface area contributed by atoms with Crippen LogP contribution in [-0.2, 0) is 16.1 Å². The monoisotopic (exact) mass is 527 g/mol. The molecule has 11 heteroatoms. The SMILES string of the molecule is COc1cccc(OC)c1-n1c(N[S+]([O-])C2CCCN(C(=O)OC(C)(C)C)C2)nnc1-c1ccccc1. The fourth-order valence-corrected chi connectivity index (χ4v) is 5.34. The summed E-state index contributed by atoms with van der Waals surface area (Å²) in [6, 6.07) is 15.0. The van der Waals surface area contributed by atoms with Crippen LogP contribution in [-0.4, -0.2) is 68.5 Å². The van der Waals surface area contributed by atoms with E-state index in [2.05, 4.69) is 14.9 Å². The molecule has 4 rings (SSSR count). The molecule has 1 saturated heterocycles. The van der Waals surface area contributed by atoms with E-state index >= 15 is 0 Å². The molecule has 0 aliphatic carbocycles. The summed E-state index contributed by atoms with van der Waals surface area (Å²) in [6.07, 6.45) is 1.01. The predicted molar refractivity (Wildman–Crippen MR) is 142 cm³/mol. The summed E-state index contributed by atoms with van der Waals surface area (Å²) < 4.78 is 35.1. The number of benzene rings is 2. The summed E-state index contributed by atoms with van der Waals surface area (Å²) in [4.78, 5) is 14.2. The van der Waals surface area contributed by atoms with Crippen LogP contribution in [0.3, 0.4) is 0 Å². The molecule has 37 heavy (non-hydrogen) atoms. The number of amides is 1. The van der Waals surface area contributed by atoms with Crippen molar-refractivity contribution in [3.05, 3.63) is 48.5 Å². The molecule has 198 valence electrons. The fraction of sp³-hybridized carbons (Fsp3) is 0.423. The second kappa shape index (κ2) is 11.3. The maximum Gasteiger partial charge on any atom is 0.410 e. The van der Waals surface area contributed by atoms with Gasteiger partial charge in [0.2, 0.25) is 0 Å². The number of aromatic nitrogens is 3. The number of nitrogens with zero attached hydrogens (tertiary/aromatic N) is 4. The molecule has 2 aromatic carbocycles. The van der Waals surface area contributed by atoms with Gasteiger partial charge in [0.25, 0.3) is 5.95 Å². The van der Waals surface area contributed by atoms with Gasteiger partial charge in [0.1, 0.15) is 22.8 Å². The Morgan fingerprint density at radius 2 is 1.73 bits per heavy atom. The van der Waals surface area contributed by atoms with Crippen molar-refractivity contribution < 1.29 is 23.6 Å². The number of likely N-dealkylation sites (tertiary alicyclic amines) is 1. The average Bonchev–Trinajstić information content (AvgIpc) is 3.30. The van der Waals surface area contributed by atoms with Crippen LogP contribution in [0.1, 0.15) is 33.6 Å². The summed E-state index contributed by atoms with van der Waals surface area (Å²) in [5.41, 5.74) is 0.796. The third-order valence-electron chi connectivity index (χ3n) is 5.84. The molecule has 0 radical (unpaired) electrons. The second-order valence-corrected chi connectivity index (χ2v) is 11.1. The largest absolute Gasteiger partial charge is 0.593 e. The molecule has 1 aliphatic rings. The molecule has 0 saturated carbocycles. The van der Waals surface area contributed by atoms with Crippen molar-refractivity contribution in [2.45, 2.75) is 44.5 Å². The molecular formula is C26H33N5O5S. The molecule has 10 nitrogen and oxygen atoms in total. The van der Waals surface area contributed by atoms with Crippen molar-refractivity contribution in [3.8, 4) is 28.6 Å². The zero-order valence-corrected chi connectivity index (χ0v) is 22.6. The van der Waals surface area contributed by atoms with Gasteiger partial charge in [-0.15, -0.1) is 10.2 Å². The lowest BCUT2D eigenvalue weighted by Crippen LogP contribution is -2.48. The standard InChI is InChI=1S/C26H33N5O5S/c1-26(2,3)36-25(32)30-16-10-13-19(17-30)37(33)29-24-28-27-23(18-11-7-6-8-12-18)31(24)22-20(34-4)14-9-15-21(22)35-5/h6-9,11-12,14-15,19H,10,13,16-17H2,1-5H3,(H,28,29). The van der Waals surface area contributed by atoms with Crippen LogP contribution < -0.4 is 14.2 Å². The number of rotatable bonds is 7. The minimum absolute atomic E-state index is 0.273. The molecule has 0 bridgehead atoms. The third-order valence-corrected chi connectivity index (χ3v) is 7.22. The van der Waals surface area contributed by atoms with E-state index in [9.17, 15) is 9.35 Å². The molecule has 1 fully saturated rings. The van der Waals surface area contributed by atoms with E-state index in [0.29, 0.717) is 42.5 Å². The summed E-state index contributed by atoms with van der Waals surface area (Å²) in [6.45, 7) is 6.36. The lowest BCUT2D eigenvalue weighted by atomic mass is 10.1. The van der Waals surface area contributed by atoms with E-state index in [0.717, 1.165) is 12.0 Å². The van der Waals surface area contributed by atoms with Gasteiger partial charge in [0.05, 0.1) is 32.1 Å². The molecule has 2 unspecified atom stereocenters. The van der Waals surface area contributed by atoms with Crippen molar-refractivity contribution >= 4 is 23.4 Å². The van der Waals surface area contributed by atoms with Gasteiger partial charge in [-0.25, -0.2) is 4.79 Å². The molecule has 0 spiro atoms. The number of hydrogen-bond donors (Lipinski definition) is 1. The van der Waals surface area contributed by atoms with Crippen LogP contribution in [0.4, 0.5) is 10.7 Å². The molecule has 1 aromatic heterocycles. The average molecular weight is 528 g/mol. The first kappa shape index (κ1) is 26.6. The van der Waals surface area contributed by atoms with Gasteiger partial charge in [-0.05, 0) is 39.3 Å². The number of para-hydroxylation sites is 1. The number of anilines is 1. The van der Waals surface area contributed by atoms with E-state index in [4.69, 9.17) is 14.2 Å². The quantitative estimate of drug-likeness (QED) is 0.449. The van der Waals surface area contributed by atoms with Crippen molar-refractivity contribution in [2.24, 2.45) is 0 Å². The normalized spacial score (nSPS) is 16.7. The lowest BCUT2D eigenvalue weighted by molar-refractivity contribution is 0.0219. The van der Waals surface area contributed by atoms with E-state index in [1.54, 1.807) is 23.7 Å². The number of hydrogen-bond acceptors (Lipinski definition) is 8. The van der Waals surface area contributed by atoms with Gasteiger partial charge in [-0.1, -0.05) is 36.4 Å². The van der Waals surface area contributed by atoms with Crippen LogP contribution in [0.25, 0.3) is 17.1 Å². The summed E-state index contributed by atoms with van der Waals surface area (Å²) in [5.74, 6) is 1.88. The molecule has 2 atom stereocenters.